The molecule has 5 nitrogen and oxygen atoms in total. The first-order valence-electron chi connectivity index (χ1n) is 14.8. The van der Waals surface area contributed by atoms with Gasteiger partial charge >= 0.3 is 0 Å². The zero-order chi connectivity index (χ0) is 28.9. The summed E-state index contributed by atoms with van der Waals surface area (Å²) in [4.78, 5) is 11.8. The van der Waals surface area contributed by atoms with Gasteiger partial charge in [-0.15, -0.1) is 11.3 Å². The van der Waals surface area contributed by atoms with Gasteiger partial charge in [0.2, 0.25) is 5.88 Å². The van der Waals surface area contributed by atoms with Gasteiger partial charge in [-0.3, -0.25) is 0 Å². The Kier molecular flexibility index (Phi) is 9.21. The molecule has 4 heterocycles. The van der Waals surface area contributed by atoms with Crippen molar-refractivity contribution in [3.63, 3.8) is 0 Å². The lowest BCUT2D eigenvalue weighted by Gasteiger charge is -2.18. The van der Waals surface area contributed by atoms with Crippen LogP contribution >= 0.6 is 11.3 Å². The maximum atomic E-state index is 5.22. The van der Waals surface area contributed by atoms with E-state index in [2.05, 4.69) is 85.2 Å². The van der Waals surface area contributed by atoms with Crippen LogP contribution in [0.15, 0.2) is 83.6 Å². The van der Waals surface area contributed by atoms with E-state index in [9.17, 15) is 0 Å². The Bertz CT molecular complexity index is 1480. The zero-order valence-corrected chi connectivity index (χ0v) is 25.9. The maximum absolute atomic E-state index is 5.22. The molecule has 0 aliphatic carbocycles. The highest BCUT2D eigenvalue weighted by Crippen LogP contribution is 2.53. The topological polar surface area (TPSA) is 50.0 Å². The summed E-state index contributed by atoms with van der Waals surface area (Å²) in [7, 11) is 1.63. The molecule has 2 aliphatic rings. The minimum Gasteiger partial charge on any atom is -0.481 e. The molecule has 6 heteroatoms. The fourth-order valence-corrected chi connectivity index (χ4v) is 6.49. The van der Waals surface area contributed by atoms with Crippen LogP contribution in [-0.2, 0) is 6.42 Å². The first kappa shape index (κ1) is 29.0. The van der Waals surface area contributed by atoms with E-state index in [1.165, 1.54) is 53.0 Å². The number of methoxy groups -OCH3 is 1. The summed E-state index contributed by atoms with van der Waals surface area (Å²) in [5, 5.41) is 6.94. The van der Waals surface area contributed by atoms with Crippen LogP contribution in [-0.4, -0.2) is 29.2 Å². The Balaban J connectivity index is 1.55. The summed E-state index contributed by atoms with van der Waals surface area (Å²) in [5.74, 6) is 0.598. The molecule has 0 spiro atoms. The molecule has 2 atom stereocenters. The molecule has 41 heavy (non-hydrogen) atoms. The lowest BCUT2D eigenvalue weighted by atomic mass is 9.98. The number of ether oxygens (including phenoxy) is 1. The van der Waals surface area contributed by atoms with E-state index in [0.29, 0.717) is 18.0 Å². The summed E-state index contributed by atoms with van der Waals surface area (Å²) in [6, 6.07) is 11.9. The molecular formula is C35H42N4OS. The predicted octanol–water partition coefficient (Wildman–Crippen LogP) is 9.03. The monoisotopic (exact) mass is 566 g/mol. The molecule has 1 N–H and O–H groups in total. The number of rotatable bonds is 12. The van der Waals surface area contributed by atoms with Gasteiger partial charge in [-0.1, -0.05) is 44.6 Å². The molecule has 1 saturated heterocycles. The van der Waals surface area contributed by atoms with Gasteiger partial charge in [-0.05, 0) is 87.4 Å². The molecule has 1 aromatic carbocycles. The van der Waals surface area contributed by atoms with Crippen molar-refractivity contribution >= 4 is 28.3 Å². The van der Waals surface area contributed by atoms with Crippen LogP contribution < -0.4 is 15.0 Å². The number of aromatic nitrogens is 2. The van der Waals surface area contributed by atoms with E-state index in [-0.39, 0.29) is 0 Å². The van der Waals surface area contributed by atoms with E-state index in [1.54, 1.807) is 18.4 Å². The molecule has 0 bridgehead atoms. The molecule has 3 aromatic rings. The van der Waals surface area contributed by atoms with Crippen LogP contribution in [0.4, 0.5) is 11.4 Å². The lowest BCUT2D eigenvalue weighted by molar-refractivity contribution is 0.398. The van der Waals surface area contributed by atoms with Crippen LogP contribution in [0.5, 0.6) is 5.88 Å². The molecule has 0 radical (unpaired) electrons. The average Bonchev–Trinajstić information content (AvgIpc) is 3.28. The number of pyridine rings is 1. The number of fused-ring (bicyclic) bond motifs is 1. The van der Waals surface area contributed by atoms with Crippen molar-refractivity contribution in [2.24, 2.45) is 0 Å². The third kappa shape index (κ3) is 6.71. The maximum Gasteiger partial charge on any atom is 0.212 e. The number of hydrogen-bond donors (Lipinski definition) is 1. The molecule has 2 aromatic heterocycles. The van der Waals surface area contributed by atoms with Crippen molar-refractivity contribution in [1.82, 2.24) is 15.3 Å². The van der Waals surface area contributed by atoms with Crippen molar-refractivity contribution in [2.75, 3.05) is 12.0 Å². The molecule has 2 aliphatic heterocycles. The second-order valence-corrected chi connectivity index (χ2v) is 12.1. The summed E-state index contributed by atoms with van der Waals surface area (Å²) in [6.07, 6.45) is 15.2. The Labute approximate surface area is 249 Å². The Morgan fingerprint density at radius 1 is 1.12 bits per heavy atom. The number of anilines is 2. The van der Waals surface area contributed by atoms with E-state index < -0.39 is 0 Å². The normalized spacial score (nSPS) is 18.6. The smallest absolute Gasteiger partial charge is 0.212 e. The Morgan fingerprint density at radius 3 is 2.61 bits per heavy atom. The highest BCUT2D eigenvalue weighted by molar-refractivity contribution is 7.11. The van der Waals surface area contributed by atoms with Crippen LogP contribution in [0.2, 0.25) is 0 Å². The van der Waals surface area contributed by atoms with E-state index >= 15 is 0 Å². The molecule has 214 valence electrons. The van der Waals surface area contributed by atoms with Crippen molar-refractivity contribution < 1.29 is 4.74 Å². The molecular weight excluding hydrogens is 524 g/mol. The van der Waals surface area contributed by atoms with Gasteiger partial charge in [0.25, 0.3) is 0 Å². The quantitative estimate of drug-likeness (QED) is 0.175. The highest BCUT2D eigenvalue weighted by Gasteiger charge is 2.34. The minimum absolute atomic E-state index is 0.453. The van der Waals surface area contributed by atoms with Gasteiger partial charge < -0.3 is 15.0 Å². The molecule has 2 unspecified atom stereocenters. The van der Waals surface area contributed by atoms with E-state index in [0.717, 1.165) is 41.1 Å². The molecule has 0 saturated carbocycles. The van der Waals surface area contributed by atoms with E-state index in [1.807, 2.05) is 24.4 Å². The van der Waals surface area contributed by atoms with Gasteiger partial charge in [-0.25, -0.2) is 9.97 Å². The third-order valence-electron chi connectivity index (χ3n) is 7.84. The third-order valence-corrected chi connectivity index (χ3v) is 8.73. The number of nitrogens with one attached hydrogen (secondary N) is 1. The lowest BCUT2D eigenvalue weighted by Crippen LogP contribution is -2.29. The Hall–Kier alpha value is -3.48. The van der Waals surface area contributed by atoms with Gasteiger partial charge in [0.1, 0.15) is 5.01 Å². The van der Waals surface area contributed by atoms with Crippen LogP contribution in [0.25, 0.3) is 16.8 Å². The summed E-state index contributed by atoms with van der Waals surface area (Å²) >= 11 is 1.64. The predicted molar refractivity (Wildman–Crippen MR) is 174 cm³/mol. The highest BCUT2D eigenvalue weighted by atomic mass is 32.1. The number of hydrogen-bond acceptors (Lipinski definition) is 6. The fraction of sp³-hybridized carbons (Fsp3) is 0.371. The van der Waals surface area contributed by atoms with Crippen LogP contribution in [0.1, 0.15) is 70.4 Å². The summed E-state index contributed by atoms with van der Waals surface area (Å²) in [6.45, 7) is 13.1. The number of allylic oxidation sites excluding steroid dienone is 5. The molecule has 5 rings (SSSR count). The van der Waals surface area contributed by atoms with Crippen molar-refractivity contribution in [3.05, 3.63) is 94.1 Å². The largest absolute Gasteiger partial charge is 0.481 e. The second kappa shape index (κ2) is 13.0. The summed E-state index contributed by atoms with van der Waals surface area (Å²) in [5.41, 5.74) is 10.8. The SMILES string of the molecule is C=C/C(=C\C(CC1CCC(CC)N1)=C(\C=C(C)C)N1c2ccc(CCC)cc21)c1nc(-c2ccc(OC)nc2)cs1. The number of aryl methyl sites for hydroxylation is 1. The molecule has 0 amide bonds. The van der Waals surface area contributed by atoms with Crippen molar-refractivity contribution in [1.29, 1.82) is 0 Å². The first-order chi connectivity index (χ1) is 19.9. The molecule has 1 fully saturated rings. The van der Waals surface area contributed by atoms with Gasteiger partial charge in [-0.2, -0.15) is 0 Å². The number of nitrogens with zero attached hydrogens (tertiary/aromatic N) is 3. The van der Waals surface area contributed by atoms with Crippen molar-refractivity contribution in [3.8, 4) is 17.1 Å². The van der Waals surface area contributed by atoms with E-state index in [4.69, 9.17) is 9.72 Å². The average molecular weight is 567 g/mol. The fourth-order valence-electron chi connectivity index (χ4n) is 5.65. The van der Waals surface area contributed by atoms with Gasteiger partial charge in [0.05, 0.1) is 24.2 Å². The van der Waals surface area contributed by atoms with Crippen LogP contribution in [0.3, 0.4) is 0 Å². The number of thiazole rings is 1. The minimum atomic E-state index is 0.453. The first-order valence-corrected chi connectivity index (χ1v) is 15.7. The second-order valence-electron chi connectivity index (χ2n) is 11.2. The summed E-state index contributed by atoms with van der Waals surface area (Å²) < 4.78 is 5.22. The zero-order valence-electron chi connectivity index (χ0n) is 25.0. The van der Waals surface area contributed by atoms with Gasteiger partial charge in [0, 0.05) is 46.6 Å². The standard InChI is InChI=1S/C35H42N4OS/c1-7-10-24-11-15-31-33(18-24)39(31)32(17-23(4)5)27(20-29-14-13-28(9-3)37-29)19-25(8-2)35-38-30(22-41-35)26-12-16-34(40-6)36-21-26/h8,11-12,15-19,21-22,28-29,37H,2,7,9-10,13-14,20H2,1,3-6H3/b25-19+,32-27+. The van der Waals surface area contributed by atoms with Gasteiger partial charge in [0.15, 0.2) is 0 Å². The Morgan fingerprint density at radius 2 is 1.95 bits per heavy atom. The van der Waals surface area contributed by atoms with Crippen LogP contribution in [0, 0.1) is 0 Å². The number of benzene rings is 1. The van der Waals surface area contributed by atoms with Crippen molar-refractivity contribution in [2.45, 2.75) is 78.3 Å².